The minimum Gasteiger partial charge on any atom is -0.496 e. The lowest BCUT2D eigenvalue weighted by Crippen LogP contribution is -2.37. The molecule has 1 aromatic heterocycles. The van der Waals surface area contributed by atoms with Crippen molar-refractivity contribution in [3.8, 4) is 5.75 Å². The van der Waals surface area contributed by atoms with Gasteiger partial charge in [0.25, 0.3) is 5.91 Å². The number of methoxy groups -OCH3 is 1. The van der Waals surface area contributed by atoms with E-state index in [1.165, 1.54) is 11.3 Å². The molecule has 31 heavy (non-hydrogen) atoms. The molecule has 5 rings (SSSR count). The molecule has 1 aliphatic rings. The Morgan fingerprint density at radius 3 is 2.77 bits per heavy atom. The number of hydrogen-bond acceptors (Lipinski definition) is 5. The topological polar surface area (TPSA) is 51.7 Å². The molecule has 0 saturated carbocycles. The van der Waals surface area contributed by atoms with Crippen molar-refractivity contribution >= 4 is 59.3 Å². The van der Waals surface area contributed by atoms with Crippen molar-refractivity contribution in [3.63, 3.8) is 0 Å². The number of fused-ring (bicyclic) bond motifs is 2. The predicted molar refractivity (Wildman–Crippen MR) is 128 cm³/mol. The second kappa shape index (κ2) is 8.57. The molecule has 1 unspecified atom stereocenters. The first-order chi connectivity index (χ1) is 15.1. The van der Waals surface area contributed by atoms with Crippen molar-refractivity contribution in [1.82, 2.24) is 4.98 Å². The van der Waals surface area contributed by atoms with Crippen LogP contribution in [-0.2, 0) is 4.74 Å². The zero-order valence-electron chi connectivity index (χ0n) is 17.0. The number of hydrogen-bond donors (Lipinski definition) is 0. The van der Waals surface area contributed by atoms with Crippen molar-refractivity contribution in [1.29, 1.82) is 0 Å². The third-order valence-electron chi connectivity index (χ3n) is 5.52. The van der Waals surface area contributed by atoms with Gasteiger partial charge in [-0.3, -0.25) is 9.69 Å². The molecule has 3 aromatic carbocycles. The molecule has 1 saturated heterocycles. The number of anilines is 1. The largest absolute Gasteiger partial charge is 0.496 e. The highest BCUT2D eigenvalue weighted by Gasteiger charge is 2.29. The van der Waals surface area contributed by atoms with Gasteiger partial charge >= 0.3 is 0 Å². The lowest BCUT2D eigenvalue weighted by molar-refractivity contribution is 0.0915. The predicted octanol–water partition coefficient (Wildman–Crippen LogP) is 6.05. The summed E-state index contributed by atoms with van der Waals surface area (Å²) in [6.45, 7) is 1.20. The molecule has 0 bridgehead atoms. The highest BCUT2D eigenvalue weighted by atomic mass is 79.9. The molecule has 0 spiro atoms. The van der Waals surface area contributed by atoms with Crippen LogP contribution in [0.2, 0.25) is 0 Å². The summed E-state index contributed by atoms with van der Waals surface area (Å²) >= 11 is 5.03. The molecule has 1 aliphatic heterocycles. The van der Waals surface area contributed by atoms with Gasteiger partial charge in [0, 0.05) is 11.1 Å². The van der Waals surface area contributed by atoms with E-state index in [0.717, 1.165) is 44.9 Å². The number of nitrogens with zero attached hydrogens (tertiary/aromatic N) is 2. The van der Waals surface area contributed by atoms with Crippen molar-refractivity contribution < 1.29 is 14.3 Å². The van der Waals surface area contributed by atoms with E-state index in [1.54, 1.807) is 12.0 Å². The van der Waals surface area contributed by atoms with Crippen LogP contribution in [0.25, 0.3) is 21.0 Å². The highest BCUT2D eigenvalue weighted by Crippen LogP contribution is 2.34. The van der Waals surface area contributed by atoms with Gasteiger partial charge in [0.2, 0.25) is 0 Å². The minimum atomic E-state index is -0.128. The van der Waals surface area contributed by atoms with Crippen LogP contribution in [0.3, 0.4) is 0 Å². The Hall–Kier alpha value is -2.48. The van der Waals surface area contributed by atoms with Crippen LogP contribution < -0.4 is 9.64 Å². The molecule has 7 heteroatoms. The van der Waals surface area contributed by atoms with Crippen LogP contribution in [0.4, 0.5) is 5.13 Å². The minimum absolute atomic E-state index is 0.00847. The standard InChI is InChI=1S/C24H21BrN2O3S/c1-29-21-12-16-6-3-2-5-15(16)11-19(21)23(28)27(14-18-7-4-10-30-18)24-26-20-9-8-17(25)13-22(20)31-24/h2-3,5-6,8-9,11-13,18H,4,7,10,14H2,1H3. The Morgan fingerprint density at radius 1 is 1.23 bits per heavy atom. The van der Waals surface area contributed by atoms with E-state index in [-0.39, 0.29) is 12.0 Å². The second-order valence-corrected chi connectivity index (χ2v) is 9.48. The van der Waals surface area contributed by atoms with E-state index < -0.39 is 0 Å². The quantitative estimate of drug-likeness (QED) is 0.337. The number of carbonyl (C=O) groups excluding carboxylic acids is 1. The number of halogens is 1. The van der Waals surface area contributed by atoms with Crippen LogP contribution in [0.15, 0.2) is 59.1 Å². The fraction of sp³-hybridized carbons (Fsp3) is 0.250. The molecule has 0 aliphatic carbocycles. The fourth-order valence-electron chi connectivity index (χ4n) is 3.94. The molecule has 5 nitrogen and oxygen atoms in total. The van der Waals surface area contributed by atoms with E-state index >= 15 is 0 Å². The number of carbonyl (C=O) groups is 1. The van der Waals surface area contributed by atoms with Crippen LogP contribution in [0.5, 0.6) is 5.75 Å². The number of benzene rings is 3. The highest BCUT2D eigenvalue weighted by molar-refractivity contribution is 9.10. The molecule has 1 amide bonds. The first-order valence-electron chi connectivity index (χ1n) is 10.2. The molecule has 1 atom stereocenters. The third kappa shape index (κ3) is 4.05. The lowest BCUT2D eigenvalue weighted by Gasteiger charge is -2.24. The Bertz CT molecular complexity index is 1270. The normalized spacial score (nSPS) is 16.1. The van der Waals surface area contributed by atoms with Gasteiger partial charge in [0.15, 0.2) is 5.13 Å². The summed E-state index contributed by atoms with van der Waals surface area (Å²) in [5.41, 5.74) is 1.40. The Morgan fingerprint density at radius 2 is 2.03 bits per heavy atom. The van der Waals surface area contributed by atoms with Crippen LogP contribution in [0.1, 0.15) is 23.2 Å². The van der Waals surface area contributed by atoms with Gasteiger partial charge in [0.05, 0.1) is 35.5 Å². The maximum atomic E-state index is 13.8. The zero-order chi connectivity index (χ0) is 21.4. The molecule has 1 fully saturated rings. The van der Waals surface area contributed by atoms with Crippen LogP contribution in [0, 0.1) is 0 Å². The number of aromatic nitrogens is 1. The SMILES string of the molecule is COc1cc2ccccc2cc1C(=O)N(CC1CCCO1)c1nc2ccc(Br)cc2s1. The summed E-state index contributed by atoms with van der Waals surface area (Å²) in [4.78, 5) is 20.4. The molecular weight excluding hydrogens is 476 g/mol. The smallest absolute Gasteiger partial charge is 0.263 e. The van der Waals surface area contributed by atoms with Gasteiger partial charge in [-0.25, -0.2) is 4.98 Å². The summed E-state index contributed by atoms with van der Waals surface area (Å²) in [5.74, 6) is 0.432. The number of ether oxygens (including phenoxy) is 2. The Labute approximate surface area is 192 Å². The number of amides is 1. The van der Waals surface area contributed by atoms with E-state index in [4.69, 9.17) is 14.5 Å². The first-order valence-corrected chi connectivity index (χ1v) is 11.8. The Balaban J connectivity index is 1.60. The number of thiazole rings is 1. The second-order valence-electron chi connectivity index (χ2n) is 7.56. The fourth-order valence-corrected chi connectivity index (χ4v) is 5.47. The van der Waals surface area contributed by atoms with Gasteiger partial charge in [-0.15, -0.1) is 0 Å². The first kappa shape index (κ1) is 20.4. The molecule has 2 heterocycles. The van der Waals surface area contributed by atoms with Crippen molar-refractivity contribution in [2.24, 2.45) is 0 Å². The average Bonchev–Trinajstić information content (AvgIpc) is 3.45. The molecule has 4 aromatic rings. The molecule has 0 radical (unpaired) electrons. The zero-order valence-corrected chi connectivity index (χ0v) is 19.4. The number of rotatable bonds is 5. The van der Waals surface area contributed by atoms with Gasteiger partial charge in [-0.2, -0.15) is 0 Å². The maximum absolute atomic E-state index is 13.8. The van der Waals surface area contributed by atoms with E-state index in [2.05, 4.69) is 15.9 Å². The van der Waals surface area contributed by atoms with Crippen molar-refractivity contribution in [2.45, 2.75) is 18.9 Å². The van der Waals surface area contributed by atoms with Crippen LogP contribution >= 0.6 is 27.3 Å². The summed E-state index contributed by atoms with van der Waals surface area (Å²) < 4.78 is 13.5. The molecule has 158 valence electrons. The lowest BCUT2D eigenvalue weighted by atomic mass is 10.0. The van der Waals surface area contributed by atoms with E-state index in [1.807, 2.05) is 54.6 Å². The average molecular weight is 497 g/mol. The van der Waals surface area contributed by atoms with Gasteiger partial charge in [-0.05, 0) is 53.9 Å². The monoisotopic (exact) mass is 496 g/mol. The van der Waals surface area contributed by atoms with Gasteiger partial charge < -0.3 is 9.47 Å². The third-order valence-corrected chi connectivity index (χ3v) is 7.06. The van der Waals surface area contributed by atoms with Gasteiger partial charge in [-0.1, -0.05) is 51.5 Å². The van der Waals surface area contributed by atoms with Crippen LogP contribution in [-0.4, -0.2) is 37.3 Å². The van der Waals surface area contributed by atoms with E-state index in [9.17, 15) is 4.79 Å². The summed E-state index contributed by atoms with van der Waals surface area (Å²) in [7, 11) is 1.60. The Kier molecular flexibility index (Phi) is 5.65. The molecule has 0 N–H and O–H groups in total. The maximum Gasteiger partial charge on any atom is 0.263 e. The van der Waals surface area contributed by atoms with E-state index in [0.29, 0.717) is 23.0 Å². The summed E-state index contributed by atoms with van der Waals surface area (Å²) in [6, 6.07) is 17.7. The van der Waals surface area contributed by atoms with Crippen molar-refractivity contribution in [2.75, 3.05) is 25.2 Å². The summed E-state index contributed by atoms with van der Waals surface area (Å²) in [5, 5.41) is 2.70. The van der Waals surface area contributed by atoms with Gasteiger partial charge in [0.1, 0.15) is 5.75 Å². The molecular formula is C24H21BrN2O3S. The van der Waals surface area contributed by atoms with Crippen molar-refractivity contribution in [3.05, 3.63) is 64.6 Å². The summed E-state index contributed by atoms with van der Waals surface area (Å²) in [6.07, 6.45) is 1.96.